The quantitative estimate of drug-likeness (QED) is 0.400. The van der Waals surface area contributed by atoms with Crippen molar-refractivity contribution >= 4 is 50.0 Å². The van der Waals surface area contributed by atoms with Crippen LogP contribution in [-0.2, 0) is 20.4 Å². The van der Waals surface area contributed by atoms with Gasteiger partial charge < -0.3 is 0 Å². The maximum Gasteiger partial charge on any atom is 0.512 e. The second-order valence-electron chi connectivity index (χ2n) is 1.47. The number of hydrogen-bond acceptors (Lipinski definition) is 4. The van der Waals surface area contributed by atoms with Crippen molar-refractivity contribution in [2.24, 2.45) is 0 Å². The van der Waals surface area contributed by atoms with Crippen LogP contribution in [-0.4, -0.2) is 51.9 Å². The molecule has 0 aliphatic carbocycles. The van der Waals surface area contributed by atoms with Crippen LogP contribution in [0.1, 0.15) is 0 Å². The summed E-state index contributed by atoms with van der Waals surface area (Å²) in [6, 6.07) is 0. The van der Waals surface area contributed by atoms with Crippen LogP contribution < -0.4 is 4.13 Å². The Labute approximate surface area is 93.2 Å². The Morgan fingerprint density at radius 2 is 1.31 bits per heavy atom. The Hall–Kier alpha value is 0.580. The molecule has 0 aliphatic rings. The van der Waals surface area contributed by atoms with Crippen LogP contribution in [0.25, 0.3) is 0 Å². The third kappa shape index (κ3) is 5.80. The minimum atomic E-state index is -6.17. The molecule has 0 fully saturated rings. The SMILES string of the molecule is O=S(=O)(F)NS(=O)(=O)C(F)(F)F.[Na]. The Morgan fingerprint density at radius 3 is 1.38 bits per heavy atom. The summed E-state index contributed by atoms with van der Waals surface area (Å²) in [6.45, 7) is 0. The van der Waals surface area contributed by atoms with Gasteiger partial charge in [0.25, 0.3) is 0 Å². The Kier molecular flexibility index (Phi) is 5.42. The first-order valence-corrected chi connectivity index (χ1v) is 4.87. The zero-order chi connectivity index (χ0) is 10.2. The van der Waals surface area contributed by atoms with Crippen LogP contribution in [0.3, 0.4) is 0 Å². The minimum absolute atomic E-state index is 0. The van der Waals surface area contributed by atoms with Crippen molar-refractivity contribution in [3.63, 3.8) is 0 Å². The Balaban J connectivity index is 0. The number of hydrogen-bond donors (Lipinski definition) is 1. The van der Waals surface area contributed by atoms with Crippen molar-refractivity contribution in [1.29, 1.82) is 0 Å². The first kappa shape index (κ1) is 16.0. The molecule has 0 aliphatic heterocycles. The molecule has 0 aromatic rings. The molecule has 0 unspecified atom stereocenters. The van der Waals surface area contributed by atoms with Gasteiger partial charge in [-0.15, -0.1) is 0 Å². The van der Waals surface area contributed by atoms with E-state index in [0.29, 0.717) is 0 Å². The van der Waals surface area contributed by atoms with Crippen molar-refractivity contribution in [3.8, 4) is 0 Å². The molecule has 75 valence electrons. The van der Waals surface area contributed by atoms with Gasteiger partial charge in [0.2, 0.25) is 0 Å². The van der Waals surface area contributed by atoms with E-state index in [9.17, 15) is 33.9 Å². The molecule has 0 rings (SSSR count). The van der Waals surface area contributed by atoms with E-state index in [1.165, 1.54) is 0 Å². The summed E-state index contributed by atoms with van der Waals surface area (Å²) in [5.41, 5.74) is -5.86. The zero-order valence-electron chi connectivity index (χ0n) is 5.96. The maximum absolute atomic E-state index is 11.4. The molecule has 5 nitrogen and oxygen atoms in total. The molecule has 0 spiro atoms. The smallest absolute Gasteiger partial charge is 0.202 e. The Morgan fingerprint density at radius 1 is 1.00 bits per heavy atom. The third-order valence-electron chi connectivity index (χ3n) is 0.514. The van der Waals surface area contributed by atoms with E-state index in [-0.39, 0.29) is 33.7 Å². The molecular formula is CHF4NNaO4S2. The van der Waals surface area contributed by atoms with Gasteiger partial charge in [0.15, 0.2) is 0 Å². The summed E-state index contributed by atoms with van der Waals surface area (Å²) in [6.07, 6.45) is 0. The monoisotopic (exact) mass is 254 g/mol. The van der Waals surface area contributed by atoms with Gasteiger partial charge in [-0.2, -0.15) is 21.6 Å². The number of sulfonamides is 1. The fraction of sp³-hybridized carbons (Fsp3) is 1.00. The maximum atomic E-state index is 11.4. The van der Waals surface area contributed by atoms with Crippen molar-refractivity contribution < 1.29 is 33.9 Å². The molecule has 0 atom stereocenters. The van der Waals surface area contributed by atoms with Crippen LogP contribution >= 0.6 is 0 Å². The van der Waals surface area contributed by atoms with Crippen molar-refractivity contribution in [1.82, 2.24) is 4.13 Å². The van der Waals surface area contributed by atoms with E-state index >= 15 is 0 Å². The van der Waals surface area contributed by atoms with E-state index in [1.807, 2.05) is 0 Å². The first-order chi connectivity index (χ1) is 4.96. The van der Waals surface area contributed by atoms with Gasteiger partial charge in [-0.05, 0) is 0 Å². The second kappa shape index (κ2) is 4.40. The molecule has 13 heavy (non-hydrogen) atoms. The number of halogens is 4. The average Bonchev–Trinajstić information content (AvgIpc) is 1.52. The van der Waals surface area contributed by atoms with Gasteiger partial charge in [-0.3, -0.25) is 0 Å². The molecule has 1 radical (unpaired) electrons. The molecule has 0 saturated heterocycles. The van der Waals surface area contributed by atoms with Gasteiger partial charge in [0.05, 0.1) is 0 Å². The van der Waals surface area contributed by atoms with E-state index in [1.54, 1.807) is 0 Å². The van der Waals surface area contributed by atoms with Crippen molar-refractivity contribution in [2.45, 2.75) is 5.51 Å². The summed E-state index contributed by atoms with van der Waals surface area (Å²) in [5, 5.41) is 0. The van der Waals surface area contributed by atoms with E-state index in [4.69, 9.17) is 0 Å². The molecule has 0 amide bonds. The van der Waals surface area contributed by atoms with E-state index < -0.39 is 25.9 Å². The molecule has 0 aromatic heterocycles. The van der Waals surface area contributed by atoms with Gasteiger partial charge in [-0.25, -0.2) is 8.42 Å². The normalized spacial score (nSPS) is 13.5. The largest absolute Gasteiger partial charge is 0.512 e. The van der Waals surface area contributed by atoms with Crippen LogP contribution in [0, 0.1) is 0 Å². The number of nitrogens with one attached hydrogen (secondary N) is 1. The summed E-state index contributed by atoms with van der Waals surface area (Å²) >= 11 is 0. The molecule has 0 saturated carbocycles. The molecule has 0 heterocycles. The first-order valence-electron chi connectivity index (χ1n) is 2.00. The Bertz CT molecular complexity index is 354. The molecule has 1 N–H and O–H groups in total. The fourth-order valence-electron chi connectivity index (χ4n) is 0.178. The summed E-state index contributed by atoms with van der Waals surface area (Å²) < 4.78 is 83.5. The average molecular weight is 254 g/mol. The molecular weight excluding hydrogens is 253 g/mol. The van der Waals surface area contributed by atoms with Gasteiger partial charge in [0.1, 0.15) is 0 Å². The standard InChI is InChI=1S/CHF4NO4S2.Na/c2-1(3,4)11(7,8)6-12(5,9)10;/h6H;. The van der Waals surface area contributed by atoms with Crippen LogP contribution in [0.4, 0.5) is 17.1 Å². The summed E-state index contributed by atoms with van der Waals surface area (Å²) in [4.78, 5) is 0. The summed E-state index contributed by atoms with van der Waals surface area (Å²) in [7, 11) is -12.1. The van der Waals surface area contributed by atoms with Crippen LogP contribution in [0.5, 0.6) is 0 Å². The van der Waals surface area contributed by atoms with Gasteiger partial charge in [0, 0.05) is 29.6 Å². The van der Waals surface area contributed by atoms with Crippen LogP contribution in [0.15, 0.2) is 0 Å². The van der Waals surface area contributed by atoms with Gasteiger partial charge >= 0.3 is 25.9 Å². The second-order valence-corrected chi connectivity index (χ2v) is 4.48. The van der Waals surface area contributed by atoms with E-state index in [0.717, 1.165) is 0 Å². The third-order valence-corrected chi connectivity index (χ3v) is 2.80. The topological polar surface area (TPSA) is 80.3 Å². The number of rotatable bonds is 2. The summed E-state index contributed by atoms with van der Waals surface area (Å²) in [5.74, 6) is 0. The molecule has 12 heteroatoms. The zero-order valence-corrected chi connectivity index (χ0v) is 9.59. The predicted octanol–water partition coefficient (Wildman–Crippen LogP) is -0.741. The molecule has 0 bridgehead atoms. The predicted molar refractivity (Wildman–Crippen MR) is 33.9 cm³/mol. The van der Waals surface area contributed by atoms with Crippen molar-refractivity contribution in [2.75, 3.05) is 0 Å². The van der Waals surface area contributed by atoms with E-state index in [2.05, 4.69) is 0 Å². The van der Waals surface area contributed by atoms with Gasteiger partial charge in [-0.1, -0.05) is 8.01 Å². The molecule has 0 aromatic carbocycles. The van der Waals surface area contributed by atoms with Crippen LogP contribution in [0.2, 0.25) is 0 Å². The minimum Gasteiger partial charge on any atom is -0.202 e. The number of alkyl halides is 3. The van der Waals surface area contributed by atoms with Crippen molar-refractivity contribution in [3.05, 3.63) is 0 Å². The fourth-order valence-corrected chi connectivity index (χ4v) is 1.60.